The quantitative estimate of drug-likeness (QED) is 0.688. The van der Waals surface area contributed by atoms with Gasteiger partial charge >= 0.3 is 0 Å². The van der Waals surface area contributed by atoms with Crippen LogP contribution in [0, 0.1) is 0 Å². The van der Waals surface area contributed by atoms with Gasteiger partial charge in [-0.3, -0.25) is 9.69 Å². The third kappa shape index (κ3) is 3.76. The zero-order valence-electron chi connectivity index (χ0n) is 13.2. The maximum absolute atomic E-state index is 12.5. The molecule has 1 aromatic carbocycles. The summed E-state index contributed by atoms with van der Waals surface area (Å²) in [7, 11) is 0. The maximum atomic E-state index is 12.5. The zero-order valence-corrected chi connectivity index (χ0v) is 15.6. The molecule has 2 aromatic rings. The van der Waals surface area contributed by atoms with Gasteiger partial charge in [-0.05, 0) is 30.0 Å². The van der Waals surface area contributed by atoms with Gasteiger partial charge in [0.2, 0.25) is 0 Å². The molecule has 7 heteroatoms. The molecule has 0 bridgehead atoms. The summed E-state index contributed by atoms with van der Waals surface area (Å²) in [5.41, 5.74) is 7.18. The number of benzene rings is 1. The molecule has 1 aliphatic heterocycles. The van der Waals surface area contributed by atoms with Crippen LogP contribution in [-0.2, 0) is 0 Å². The Morgan fingerprint density at radius 2 is 2.09 bits per heavy atom. The highest BCUT2D eigenvalue weighted by Gasteiger charge is 2.29. The number of carbonyl (C=O) groups excluding carboxylic acids is 1. The molecule has 4 nitrogen and oxygen atoms in total. The van der Waals surface area contributed by atoms with E-state index < -0.39 is 0 Å². The number of amides is 1. The summed E-state index contributed by atoms with van der Waals surface area (Å²) in [5, 5.41) is 0.581. The largest absolute Gasteiger partial charge is 0.397 e. The standard InChI is InChI=1S/C14H12ClN3OS2.C2H6/c1-2-20-14(19)18-10-4-3-8(15)5-11(10)21-12-6-9(16)7-17-13(12)18;1-2/h3-7H,2,16H2,1H3;1-2H3. The van der Waals surface area contributed by atoms with Crippen molar-refractivity contribution < 1.29 is 4.79 Å². The molecule has 122 valence electrons. The first-order valence-corrected chi connectivity index (χ1v) is 9.48. The van der Waals surface area contributed by atoms with Crippen LogP contribution in [0.4, 0.5) is 22.0 Å². The van der Waals surface area contributed by atoms with Crippen molar-refractivity contribution in [1.29, 1.82) is 0 Å². The lowest BCUT2D eigenvalue weighted by Gasteiger charge is -2.29. The summed E-state index contributed by atoms with van der Waals surface area (Å²) in [6.07, 6.45) is 1.57. The fourth-order valence-corrected chi connectivity index (χ4v) is 3.97. The Hall–Kier alpha value is -1.37. The van der Waals surface area contributed by atoms with E-state index in [0.717, 1.165) is 15.5 Å². The molecule has 1 aliphatic rings. The second kappa shape index (κ2) is 7.95. The lowest BCUT2D eigenvalue weighted by Crippen LogP contribution is -2.26. The van der Waals surface area contributed by atoms with Crippen LogP contribution in [0.3, 0.4) is 0 Å². The van der Waals surface area contributed by atoms with Gasteiger partial charge in [0.05, 0.1) is 22.5 Å². The predicted octanol–water partition coefficient (Wildman–Crippen LogP) is 5.82. The molecule has 3 rings (SSSR count). The smallest absolute Gasteiger partial charge is 0.291 e. The number of hydrogen-bond acceptors (Lipinski definition) is 5. The molecule has 1 aromatic heterocycles. The summed E-state index contributed by atoms with van der Waals surface area (Å²) in [6, 6.07) is 7.30. The van der Waals surface area contributed by atoms with Crippen molar-refractivity contribution in [3.05, 3.63) is 35.5 Å². The molecule has 0 spiro atoms. The number of pyridine rings is 1. The van der Waals surface area contributed by atoms with E-state index in [2.05, 4.69) is 4.98 Å². The first-order chi connectivity index (χ1) is 11.1. The van der Waals surface area contributed by atoms with Crippen LogP contribution in [0.2, 0.25) is 5.02 Å². The van der Waals surface area contributed by atoms with Crippen molar-refractivity contribution in [1.82, 2.24) is 4.98 Å². The highest BCUT2D eigenvalue weighted by atomic mass is 35.5. The molecule has 2 N–H and O–H groups in total. The molecule has 0 atom stereocenters. The third-order valence-electron chi connectivity index (χ3n) is 2.90. The Kier molecular flexibility index (Phi) is 6.21. The van der Waals surface area contributed by atoms with Gasteiger partial charge in [0.15, 0.2) is 5.82 Å². The Morgan fingerprint density at radius 3 is 2.78 bits per heavy atom. The second-order valence-corrected chi connectivity index (χ2v) is 7.07. The fraction of sp³-hybridized carbons (Fsp3) is 0.250. The van der Waals surface area contributed by atoms with E-state index >= 15 is 0 Å². The molecular weight excluding hydrogens is 350 g/mol. The van der Waals surface area contributed by atoms with Crippen molar-refractivity contribution in [3.8, 4) is 0 Å². The number of rotatable bonds is 1. The normalized spacial score (nSPS) is 11.9. The molecule has 0 fully saturated rings. The number of nitrogens with zero attached hydrogens (tertiary/aromatic N) is 2. The molecule has 0 aliphatic carbocycles. The highest BCUT2D eigenvalue weighted by Crippen LogP contribution is 2.49. The Balaban J connectivity index is 0.000000924. The SMILES string of the molecule is CC.CCSC(=O)N1c2ccc(Cl)cc2Sc2cc(N)cnc21. The van der Waals surface area contributed by atoms with Crippen molar-refractivity contribution in [3.63, 3.8) is 0 Å². The van der Waals surface area contributed by atoms with Crippen LogP contribution >= 0.6 is 35.1 Å². The molecule has 0 radical (unpaired) electrons. The van der Waals surface area contributed by atoms with Crippen LogP contribution in [-0.4, -0.2) is 16.0 Å². The second-order valence-electron chi connectivity index (χ2n) is 4.34. The monoisotopic (exact) mass is 367 g/mol. The summed E-state index contributed by atoms with van der Waals surface area (Å²) < 4.78 is 0. The zero-order chi connectivity index (χ0) is 17.0. The number of nitrogens with two attached hydrogens (primary N) is 1. The summed E-state index contributed by atoms with van der Waals surface area (Å²) in [4.78, 5) is 20.2. The van der Waals surface area contributed by atoms with E-state index in [4.69, 9.17) is 17.3 Å². The lowest BCUT2D eigenvalue weighted by atomic mass is 10.2. The van der Waals surface area contributed by atoms with Crippen molar-refractivity contribution >= 4 is 57.6 Å². The van der Waals surface area contributed by atoms with Crippen LogP contribution < -0.4 is 10.6 Å². The average Bonchev–Trinajstić information content (AvgIpc) is 2.54. The van der Waals surface area contributed by atoms with Gasteiger partial charge in [0.1, 0.15) is 0 Å². The lowest BCUT2D eigenvalue weighted by molar-refractivity contribution is 0.266. The Morgan fingerprint density at radius 1 is 1.35 bits per heavy atom. The minimum atomic E-state index is -0.0557. The van der Waals surface area contributed by atoms with E-state index in [-0.39, 0.29) is 5.24 Å². The number of hydrogen-bond donors (Lipinski definition) is 1. The van der Waals surface area contributed by atoms with E-state index in [1.807, 2.05) is 39.0 Å². The van der Waals surface area contributed by atoms with Crippen LogP contribution in [0.25, 0.3) is 0 Å². The van der Waals surface area contributed by atoms with E-state index in [9.17, 15) is 4.79 Å². The van der Waals surface area contributed by atoms with Crippen molar-refractivity contribution in [2.45, 2.75) is 30.6 Å². The van der Waals surface area contributed by atoms with Crippen molar-refractivity contribution in [2.75, 3.05) is 16.4 Å². The van der Waals surface area contributed by atoms with Crippen LogP contribution in [0.15, 0.2) is 40.3 Å². The molecular formula is C16H18ClN3OS2. The summed E-state index contributed by atoms with van der Waals surface area (Å²) in [5.74, 6) is 1.32. The Bertz CT molecular complexity index is 673. The molecule has 1 amide bonds. The van der Waals surface area contributed by atoms with Gasteiger partial charge in [-0.25, -0.2) is 4.98 Å². The van der Waals surface area contributed by atoms with Crippen LogP contribution in [0.1, 0.15) is 20.8 Å². The van der Waals surface area contributed by atoms with E-state index in [0.29, 0.717) is 22.3 Å². The van der Waals surface area contributed by atoms with Gasteiger partial charge in [-0.1, -0.05) is 55.9 Å². The number of nitrogen functional groups attached to an aromatic ring is 1. The fourth-order valence-electron chi connectivity index (χ4n) is 2.06. The maximum Gasteiger partial charge on any atom is 0.291 e. The number of halogens is 1. The average molecular weight is 368 g/mol. The summed E-state index contributed by atoms with van der Waals surface area (Å²) in [6.45, 7) is 5.95. The molecule has 23 heavy (non-hydrogen) atoms. The number of anilines is 3. The molecule has 2 heterocycles. The predicted molar refractivity (Wildman–Crippen MR) is 101 cm³/mol. The Labute approximate surface area is 149 Å². The molecule has 0 unspecified atom stereocenters. The van der Waals surface area contributed by atoms with E-state index in [1.165, 1.54) is 23.5 Å². The topological polar surface area (TPSA) is 59.2 Å². The summed E-state index contributed by atoms with van der Waals surface area (Å²) >= 11 is 8.83. The molecule has 0 saturated carbocycles. The first-order valence-electron chi connectivity index (χ1n) is 7.30. The van der Waals surface area contributed by atoms with Crippen LogP contribution in [0.5, 0.6) is 0 Å². The number of carbonyl (C=O) groups is 1. The van der Waals surface area contributed by atoms with Gasteiger partial charge < -0.3 is 5.73 Å². The highest BCUT2D eigenvalue weighted by molar-refractivity contribution is 8.13. The number of aromatic nitrogens is 1. The van der Waals surface area contributed by atoms with Gasteiger partial charge in [-0.2, -0.15) is 0 Å². The first kappa shape index (κ1) is 18.0. The molecule has 0 saturated heterocycles. The minimum absolute atomic E-state index is 0.0557. The minimum Gasteiger partial charge on any atom is -0.397 e. The number of thioether (sulfide) groups is 1. The van der Waals surface area contributed by atoms with Gasteiger partial charge in [0, 0.05) is 9.92 Å². The third-order valence-corrected chi connectivity index (χ3v) is 4.92. The van der Waals surface area contributed by atoms with Gasteiger partial charge in [-0.15, -0.1) is 0 Å². The van der Waals surface area contributed by atoms with E-state index in [1.54, 1.807) is 17.2 Å². The van der Waals surface area contributed by atoms with Gasteiger partial charge in [0.25, 0.3) is 5.24 Å². The number of fused-ring (bicyclic) bond motifs is 2. The van der Waals surface area contributed by atoms with Crippen molar-refractivity contribution in [2.24, 2.45) is 0 Å².